The first kappa shape index (κ1) is 60.4. The first-order valence-electron chi connectivity index (χ1n) is 24.6. The van der Waals surface area contributed by atoms with Gasteiger partial charge in [0.05, 0.1) is 44.1 Å². The van der Waals surface area contributed by atoms with E-state index in [-0.39, 0.29) is 18.7 Å². The highest BCUT2D eigenvalue weighted by Crippen LogP contribution is 2.60. The van der Waals surface area contributed by atoms with E-state index < -0.39 is 127 Å². The Morgan fingerprint density at radius 2 is 1.45 bits per heavy atom. The van der Waals surface area contributed by atoms with Crippen LogP contribution < -0.4 is 11.4 Å². The van der Waals surface area contributed by atoms with Crippen LogP contribution in [-0.2, 0) is 46.3 Å². The summed E-state index contributed by atoms with van der Waals surface area (Å²) in [6, 6.07) is 1.22. The van der Waals surface area contributed by atoms with E-state index in [0.717, 1.165) is 49.3 Å². The van der Waals surface area contributed by atoms with Crippen molar-refractivity contribution in [1.82, 2.24) is 9.55 Å². The van der Waals surface area contributed by atoms with Crippen LogP contribution in [-0.4, -0.2) is 119 Å². The van der Waals surface area contributed by atoms with Crippen LogP contribution in [0.5, 0.6) is 0 Å². The minimum absolute atomic E-state index is 0.0638. The van der Waals surface area contributed by atoms with Crippen LogP contribution in [0, 0.1) is 11.8 Å². The zero-order chi connectivity index (χ0) is 50.8. The first-order chi connectivity index (χ1) is 32.9. The molecule has 0 aliphatic carbocycles. The van der Waals surface area contributed by atoms with Crippen molar-refractivity contribution in [3.8, 4) is 0 Å². The molecule has 2 bridgehead atoms. The van der Waals surface area contributed by atoms with Gasteiger partial charge in [-0.2, -0.15) is 9.29 Å². The maximum Gasteiger partial charge on any atom is 0.481 e. The largest absolute Gasteiger partial charge is 0.481 e. The number of unbranched alkanes of at least 4 members (excludes halogenated alkanes) is 14. The SMILES string of the molecule is CCCCCCCCCCCCCCCC(=O)OC[C@@H]1COP(=O)(O)OP(=O)(O)OC[C@H]2O[C@@H](n3ccc(N)nc3=O)[C@H](C/C=C\CC(=O)O1)[C@@H](O)C[C@@H](O)[C@H](C=C[C@H](O)CCCCC)[C@H](O)[C@@H]2O. The van der Waals surface area contributed by atoms with Gasteiger partial charge in [-0.15, -0.1) is 0 Å². The highest BCUT2D eigenvalue weighted by atomic mass is 31.3. The van der Waals surface area contributed by atoms with Gasteiger partial charge in [-0.1, -0.05) is 134 Å². The summed E-state index contributed by atoms with van der Waals surface area (Å²) in [5, 5.41) is 57.2. The Balaban J connectivity index is 1.83. The molecule has 2 unspecified atom stereocenters. The minimum atomic E-state index is -5.69. The molecule has 1 aromatic rings. The summed E-state index contributed by atoms with van der Waals surface area (Å²) in [6.45, 7) is 1.43. The second-order valence-electron chi connectivity index (χ2n) is 18.0. The van der Waals surface area contributed by atoms with E-state index >= 15 is 0 Å². The maximum absolute atomic E-state index is 13.3. The van der Waals surface area contributed by atoms with Crippen molar-refractivity contribution in [1.29, 1.82) is 0 Å². The molecule has 3 rings (SSSR count). The number of fused-ring (bicyclic) bond motifs is 3. The van der Waals surface area contributed by atoms with Gasteiger partial charge in [-0.3, -0.25) is 23.2 Å². The van der Waals surface area contributed by atoms with Gasteiger partial charge in [0, 0.05) is 30.9 Å². The number of phosphoric ester groups is 2. The third kappa shape index (κ3) is 23.5. The molecular formula is C46H79N3O18P2. The molecule has 2 aliphatic rings. The van der Waals surface area contributed by atoms with E-state index in [9.17, 15) is 58.8 Å². The predicted molar refractivity (Wildman–Crippen MR) is 254 cm³/mol. The van der Waals surface area contributed by atoms with Crippen molar-refractivity contribution in [2.24, 2.45) is 11.8 Å². The summed E-state index contributed by atoms with van der Waals surface area (Å²) in [7, 11) is -11.3. The number of carbonyl (C=O) groups excluding carboxylic acids is 2. The van der Waals surface area contributed by atoms with Crippen LogP contribution in [0.3, 0.4) is 0 Å². The molecule has 2 aliphatic heterocycles. The quantitative estimate of drug-likeness (QED) is 0.0277. The molecule has 0 spiro atoms. The number of hydrogen-bond donors (Lipinski definition) is 8. The summed E-state index contributed by atoms with van der Waals surface area (Å²) in [5.41, 5.74) is 4.73. The minimum Gasteiger partial charge on any atom is -0.462 e. The van der Waals surface area contributed by atoms with Crippen molar-refractivity contribution in [3.63, 3.8) is 0 Å². The Hall–Kier alpha value is -2.88. The number of nitrogens with zero attached hydrogens (tertiary/aromatic N) is 2. The van der Waals surface area contributed by atoms with E-state index in [1.54, 1.807) is 0 Å². The number of phosphoric acid groups is 2. The van der Waals surface area contributed by atoms with Gasteiger partial charge in [-0.25, -0.2) is 13.9 Å². The fourth-order valence-corrected chi connectivity index (χ4v) is 10.3. The first-order valence-corrected chi connectivity index (χ1v) is 27.6. The Bertz CT molecular complexity index is 1870. The summed E-state index contributed by atoms with van der Waals surface area (Å²) < 4.78 is 58.5. The zero-order valence-electron chi connectivity index (χ0n) is 40.2. The van der Waals surface area contributed by atoms with Crippen LogP contribution in [0.1, 0.15) is 155 Å². The van der Waals surface area contributed by atoms with Crippen molar-refractivity contribution in [2.45, 2.75) is 198 Å². The van der Waals surface area contributed by atoms with Crippen LogP contribution in [0.25, 0.3) is 0 Å². The summed E-state index contributed by atoms with van der Waals surface area (Å²) in [6.07, 6.45) is 9.24. The third-order valence-corrected chi connectivity index (χ3v) is 14.7. The van der Waals surface area contributed by atoms with Crippen molar-refractivity contribution < 1.29 is 81.6 Å². The molecule has 23 heteroatoms. The number of aliphatic hydroxyl groups excluding tert-OH is 5. The van der Waals surface area contributed by atoms with Crippen molar-refractivity contribution >= 4 is 33.4 Å². The lowest BCUT2D eigenvalue weighted by Gasteiger charge is -2.40. The van der Waals surface area contributed by atoms with Crippen LogP contribution in [0.2, 0.25) is 0 Å². The molecule has 0 amide bonds. The predicted octanol–water partition coefficient (Wildman–Crippen LogP) is 5.82. The molecule has 1 fully saturated rings. The fourth-order valence-electron chi connectivity index (χ4n) is 8.16. The monoisotopic (exact) mass is 1020 g/mol. The second kappa shape index (κ2) is 32.2. The van der Waals surface area contributed by atoms with Crippen LogP contribution in [0.4, 0.5) is 5.82 Å². The lowest BCUT2D eigenvalue weighted by molar-refractivity contribution is -0.194. The van der Waals surface area contributed by atoms with E-state index in [1.807, 2.05) is 6.92 Å². The van der Waals surface area contributed by atoms with Crippen LogP contribution in [0.15, 0.2) is 41.4 Å². The number of nitrogens with two attached hydrogens (primary N) is 1. The summed E-state index contributed by atoms with van der Waals surface area (Å²) in [5.74, 6) is -4.41. The van der Waals surface area contributed by atoms with Crippen molar-refractivity contribution in [2.75, 3.05) is 25.6 Å². The van der Waals surface area contributed by atoms with Gasteiger partial charge in [0.25, 0.3) is 0 Å². The molecule has 9 N–H and O–H groups in total. The third-order valence-electron chi connectivity index (χ3n) is 12.1. The average Bonchev–Trinajstić information content (AvgIpc) is 3.28. The number of carbonyl (C=O) groups is 2. The highest BCUT2D eigenvalue weighted by Gasteiger charge is 2.45. The Labute approximate surface area is 405 Å². The molecule has 3 heterocycles. The number of cyclic esters (lactones) is 1. The molecule has 1 saturated heterocycles. The number of aliphatic hydroxyl groups is 5. The number of aromatic nitrogens is 2. The smallest absolute Gasteiger partial charge is 0.462 e. The molecule has 69 heavy (non-hydrogen) atoms. The molecular weight excluding hydrogens is 944 g/mol. The standard InChI is InChI=1S/C46H79N3O18P2/c1-3-5-7-8-9-10-11-12-13-14-15-16-18-23-41(53)62-30-34-31-63-68(58,59)67-69(60,61)64-32-39-44(56)43(55)35(26-25-33(50)21-17-6-4-2)37(51)29-38(52)36(22-19-20-24-42(54)65-34)45(66-39)49-28-27-40(47)48-46(49)57/h19-20,25-28,33-39,43-45,50-52,55-56H,3-18,21-24,29-32H2,1-2H3,(H,58,59)(H,60,61)(H2,47,48,57)/b20-19-,26-25?/t33-,34-,35+,36-,37-,38+,39-,43+,44-,45-/m1/s1. The topological polar surface area (TPSA) is 326 Å². The normalized spacial score (nSPS) is 31.1. The number of hydrogen-bond acceptors (Lipinski definition) is 18. The molecule has 0 aromatic carbocycles. The molecule has 396 valence electrons. The van der Waals surface area contributed by atoms with Gasteiger partial charge in [-0.05, 0) is 25.3 Å². The molecule has 21 nitrogen and oxygen atoms in total. The lowest BCUT2D eigenvalue weighted by atomic mass is 9.82. The van der Waals surface area contributed by atoms with E-state index in [2.05, 4.69) is 16.2 Å². The second-order valence-corrected chi connectivity index (χ2v) is 21.0. The Morgan fingerprint density at radius 3 is 2.07 bits per heavy atom. The Kier molecular flexibility index (Phi) is 28.2. The number of esters is 2. The summed E-state index contributed by atoms with van der Waals surface area (Å²) >= 11 is 0. The van der Waals surface area contributed by atoms with Gasteiger partial charge >= 0.3 is 33.3 Å². The number of rotatable bonds is 23. The van der Waals surface area contributed by atoms with E-state index in [4.69, 9.17) is 29.0 Å². The van der Waals surface area contributed by atoms with Gasteiger partial charge < -0.3 is 55.3 Å². The number of nitrogen functional groups attached to an aromatic ring is 1. The molecule has 1 aromatic heterocycles. The van der Waals surface area contributed by atoms with Gasteiger partial charge in [0.1, 0.15) is 30.9 Å². The number of anilines is 1. The maximum atomic E-state index is 13.3. The van der Waals surface area contributed by atoms with E-state index in [1.165, 1.54) is 81.7 Å². The summed E-state index contributed by atoms with van der Waals surface area (Å²) in [4.78, 5) is 64.0. The lowest BCUT2D eigenvalue weighted by Crippen LogP contribution is -2.52. The molecule has 12 atom stereocenters. The van der Waals surface area contributed by atoms with Crippen molar-refractivity contribution in [3.05, 3.63) is 47.1 Å². The van der Waals surface area contributed by atoms with Gasteiger partial charge in [0.2, 0.25) is 0 Å². The van der Waals surface area contributed by atoms with Gasteiger partial charge in [0.15, 0.2) is 6.10 Å². The molecule has 0 saturated carbocycles. The number of ether oxygens (including phenoxy) is 3. The zero-order valence-corrected chi connectivity index (χ0v) is 42.0. The van der Waals surface area contributed by atoms with E-state index in [0.29, 0.717) is 19.3 Å². The van der Waals surface area contributed by atoms with Crippen LogP contribution >= 0.6 is 15.6 Å². The average molecular weight is 1020 g/mol. The highest BCUT2D eigenvalue weighted by molar-refractivity contribution is 7.61. The molecule has 0 radical (unpaired) electrons. The fraction of sp³-hybridized carbons (Fsp3) is 0.783. The number of allylic oxidation sites excluding steroid dienone is 1. The Morgan fingerprint density at radius 1 is 0.855 bits per heavy atom.